The number of imidazole rings is 1. The summed E-state index contributed by atoms with van der Waals surface area (Å²) in [4.78, 5) is 24.7. The summed E-state index contributed by atoms with van der Waals surface area (Å²) in [7, 11) is 0. The molecule has 1 aliphatic rings. The zero-order valence-corrected chi connectivity index (χ0v) is 15.1. The van der Waals surface area contributed by atoms with Crippen LogP contribution in [0.3, 0.4) is 0 Å². The van der Waals surface area contributed by atoms with Gasteiger partial charge in [0, 0.05) is 13.1 Å². The normalized spacial score (nSPS) is 25.0. The number of nitrogens with two attached hydrogens (primary N) is 1. The zero-order valence-electron chi connectivity index (χ0n) is 15.1. The number of anilines is 1. The third kappa shape index (κ3) is 3.86. The van der Waals surface area contributed by atoms with Crippen molar-refractivity contribution in [3.8, 4) is 0 Å². The Morgan fingerprint density at radius 1 is 1.30 bits per heavy atom. The standard InChI is InChI=1S/C16H25N7O4/c1-2-18-15(26)12-10(24)11(25)16(27-12)23-8-22-9-13(19-6-4-3-5-17)20-7-21-14(9)23/h7-8,10-12,16,24-25H,2-6,17H2,1H3,(H,18,26)(H,19,20,21)/t10?,11?,12-,16+/m0/s1. The molecule has 2 aromatic heterocycles. The van der Waals surface area contributed by atoms with Gasteiger partial charge in [0.15, 0.2) is 29.3 Å². The molecule has 0 saturated carbocycles. The van der Waals surface area contributed by atoms with E-state index in [-0.39, 0.29) is 0 Å². The van der Waals surface area contributed by atoms with Crippen LogP contribution >= 0.6 is 0 Å². The van der Waals surface area contributed by atoms with Gasteiger partial charge in [-0.2, -0.15) is 0 Å². The highest BCUT2D eigenvalue weighted by Gasteiger charge is 2.47. The van der Waals surface area contributed by atoms with E-state index in [1.54, 1.807) is 6.92 Å². The molecule has 0 aliphatic carbocycles. The van der Waals surface area contributed by atoms with Crippen molar-refractivity contribution in [2.24, 2.45) is 5.73 Å². The van der Waals surface area contributed by atoms with Gasteiger partial charge >= 0.3 is 0 Å². The van der Waals surface area contributed by atoms with Crippen molar-refractivity contribution in [2.45, 2.75) is 44.3 Å². The Bertz CT molecular complexity index is 783. The maximum absolute atomic E-state index is 12.0. The molecule has 0 spiro atoms. The van der Waals surface area contributed by atoms with Crippen LogP contribution in [0, 0.1) is 0 Å². The molecule has 2 aromatic rings. The lowest BCUT2D eigenvalue weighted by Crippen LogP contribution is -2.42. The third-order valence-electron chi connectivity index (χ3n) is 4.40. The SMILES string of the molecule is CCNC(=O)[C@H]1O[C@@H](n2cnc3c(NCCCCN)ncnc32)C(O)C1O. The molecule has 2 unspecified atom stereocenters. The summed E-state index contributed by atoms with van der Waals surface area (Å²) in [5.74, 6) is 0.0805. The van der Waals surface area contributed by atoms with Gasteiger partial charge in [0.25, 0.3) is 5.91 Å². The van der Waals surface area contributed by atoms with Crippen molar-refractivity contribution in [1.82, 2.24) is 24.8 Å². The average Bonchev–Trinajstić information content (AvgIpc) is 3.21. The van der Waals surface area contributed by atoms with Crippen LogP contribution in [-0.4, -0.2) is 73.6 Å². The van der Waals surface area contributed by atoms with E-state index < -0.39 is 30.4 Å². The highest BCUT2D eigenvalue weighted by atomic mass is 16.6. The summed E-state index contributed by atoms with van der Waals surface area (Å²) in [6.07, 6.45) is -0.184. The molecule has 6 N–H and O–H groups in total. The minimum atomic E-state index is -1.35. The van der Waals surface area contributed by atoms with Crippen LogP contribution in [0.4, 0.5) is 5.82 Å². The van der Waals surface area contributed by atoms with E-state index in [9.17, 15) is 15.0 Å². The first-order valence-electron chi connectivity index (χ1n) is 8.99. The molecule has 0 bridgehead atoms. The Labute approximate surface area is 156 Å². The maximum Gasteiger partial charge on any atom is 0.252 e. The molecule has 3 rings (SSSR count). The lowest BCUT2D eigenvalue weighted by molar-refractivity contribution is -0.137. The Balaban J connectivity index is 1.82. The highest BCUT2D eigenvalue weighted by Crippen LogP contribution is 2.32. The zero-order chi connectivity index (χ0) is 19.4. The van der Waals surface area contributed by atoms with E-state index in [2.05, 4.69) is 25.6 Å². The van der Waals surface area contributed by atoms with Crippen molar-refractivity contribution in [3.05, 3.63) is 12.7 Å². The fourth-order valence-corrected chi connectivity index (χ4v) is 3.02. The van der Waals surface area contributed by atoms with E-state index in [0.29, 0.717) is 36.6 Å². The monoisotopic (exact) mass is 379 g/mol. The van der Waals surface area contributed by atoms with Crippen molar-refractivity contribution in [3.63, 3.8) is 0 Å². The number of unbranched alkanes of at least 4 members (excludes halogenated alkanes) is 1. The molecule has 1 saturated heterocycles. The quantitative estimate of drug-likeness (QED) is 0.352. The maximum atomic E-state index is 12.0. The number of ether oxygens (including phenoxy) is 1. The molecule has 1 fully saturated rings. The van der Waals surface area contributed by atoms with Gasteiger partial charge in [-0.05, 0) is 26.3 Å². The van der Waals surface area contributed by atoms with Gasteiger partial charge < -0.3 is 31.3 Å². The second kappa shape index (κ2) is 8.57. The summed E-state index contributed by atoms with van der Waals surface area (Å²) in [5, 5.41) is 26.3. The summed E-state index contributed by atoms with van der Waals surface area (Å²) in [6, 6.07) is 0. The second-order valence-corrected chi connectivity index (χ2v) is 6.29. The molecular weight excluding hydrogens is 354 g/mol. The van der Waals surface area contributed by atoms with E-state index in [0.717, 1.165) is 12.8 Å². The van der Waals surface area contributed by atoms with E-state index >= 15 is 0 Å². The number of aliphatic hydroxyl groups excluding tert-OH is 2. The molecule has 1 amide bonds. The molecular formula is C16H25N7O4. The van der Waals surface area contributed by atoms with Crippen molar-refractivity contribution < 1.29 is 19.7 Å². The second-order valence-electron chi connectivity index (χ2n) is 6.29. The van der Waals surface area contributed by atoms with Gasteiger partial charge in [-0.3, -0.25) is 9.36 Å². The molecule has 148 valence electrons. The lowest BCUT2D eigenvalue weighted by atomic mass is 10.1. The smallest absolute Gasteiger partial charge is 0.252 e. The number of aromatic nitrogens is 4. The summed E-state index contributed by atoms with van der Waals surface area (Å²) < 4.78 is 7.12. The molecule has 4 atom stereocenters. The van der Waals surface area contributed by atoms with Crippen molar-refractivity contribution >= 4 is 22.9 Å². The Morgan fingerprint density at radius 2 is 2.11 bits per heavy atom. The number of hydrogen-bond acceptors (Lipinski definition) is 9. The fraction of sp³-hybridized carbons (Fsp3) is 0.625. The van der Waals surface area contributed by atoms with E-state index in [1.165, 1.54) is 17.2 Å². The number of nitrogens with one attached hydrogen (secondary N) is 2. The predicted octanol–water partition coefficient (Wildman–Crippen LogP) is -1.27. The first-order chi connectivity index (χ1) is 13.1. The largest absolute Gasteiger partial charge is 0.387 e. The Hall–Kier alpha value is -2.34. The molecule has 0 aromatic carbocycles. The highest BCUT2D eigenvalue weighted by molar-refractivity contribution is 5.83. The van der Waals surface area contributed by atoms with Crippen LogP contribution in [-0.2, 0) is 9.53 Å². The van der Waals surface area contributed by atoms with Crippen molar-refractivity contribution in [1.29, 1.82) is 0 Å². The molecule has 27 heavy (non-hydrogen) atoms. The number of hydrogen-bond donors (Lipinski definition) is 5. The topological polar surface area (TPSA) is 160 Å². The minimum Gasteiger partial charge on any atom is -0.387 e. The average molecular weight is 379 g/mol. The first kappa shape index (κ1) is 19.4. The van der Waals surface area contributed by atoms with Gasteiger partial charge in [-0.15, -0.1) is 0 Å². The fourth-order valence-electron chi connectivity index (χ4n) is 3.02. The van der Waals surface area contributed by atoms with Crippen LogP contribution in [0.1, 0.15) is 26.0 Å². The van der Waals surface area contributed by atoms with Gasteiger partial charge in [0.05, 0.1) is 6.33 Å². The number of rotatable bonds is 8. The number of aliphatic hydroxyl groups is 2. The molecule has 3 heterocycles. The Morgan fingerprint density at radius 3 is 2.85 bits per heavy atom. The van der Waals surface area contributed by atoms with Gasteiger partial charge in [-0.1, -0.05) is 0 Å². The Kier molecular flexibility index (Phi) is 6.16. The predicted molar refractivity (Wildman–Crippen MR) is 96.7 cm³/mol. The first-order valence-corrected chi connectivity index (χ1v) is 8.99. The third-order valence-corrected chi connectivity index (χ3v) is 4.40. The molecule has 11 heteroatoms. The van der Waals surface area contributed by atoms with Crippen LogP contribution in [0.5, 0.6) is 0 Å². The number of likely N-dealkylation sites (N-methyl/N-ethyl adjacent to an activating group) is 1. The van der Waals surface area contributed by atoms with Crippen LogP contribution < -0.4 is 16.4 Å². The number of amides is 1. The van der Waals surface area contributed by atoms with Gasteiger partial charge in [-0.25, -0.2) is 15.0 Å². The van der Waals surface area contributed by atoms with Gasteiger partial charge in [0.2, 0.25) is 0 Å². The molecule has 0 radical (unpaired) electrons. The van der Waals surface area contributed by atoms with Crippen LogP contribution in [0.2, 0.25) is 0 Å². The van der Waals surface area contributed by atoms with Crippen LogP contribution in [0.25, 0.3) is 11.2 Å². The van der Waals surface area contributed by atoms with E-state index in [4.69, 9.17) is 10.5 Å². The van der Waals surface area contributed by atoms with Gasteiger partial charge in [0.1, 0.15) is 18.5 Å². The number of nitrogens with zero attached hydrogens (tertiary/aromatic N) is 4. The lowest BCUT2D eigenvalue weighted by Gasteiger charge is -2.16. The summed E-state index contributed by atoms with van der Waals surface area (Å²) in [5.41, 5.74) is 6.43. The number of fused-ring (bicyclic) bond motifs is 1. The summed E-state index contributed by atoms with van der Waals surface area (Å²) in [6.45, 7) is 3.47. The van der Waals surface area contributed by atoms with E-state index in [1.807, 2.05) is 0 Å². The summed E-state index contributed by atoms with van der Waals surface area (Å²) >= 11 is 0. The molecule has 1 aliphatic heterocycles. The van der Waals surface area contributed by atoms with Crippen LogP contribution in [0.15, 0.2) is 12.7 Å². The van der Waals surface area contributed by atoms with Crippen molar-refractivity contribution in [2.75, 3.05) is 25.0 Å². The minimum absolute atomic E-state index is 0.395. The number of carbonyl (C=O) groups is 1. The number of carbonyl (C=O) groups excluding carboxylic acids is 1. The molecule has 11 nitrogen and oxygen atoms in total.